The molecule has 4 rings (SSSR count). The van der Waals surface area contributed by atoms with E-state index in [1.807, 2.05) is 0 Å². The molecule has 192 valence electrons. The lowest BCUT2D eigenvalue weighted by Crippen LogP contribution is -2.26. The van der Waals surface area contributed by atoms with Gasteiger partial charge in [0.2, 0.25) is 0 Å². The van der Waals surface area contributed by atoms with E-state index in [1.165, 1.54) is 0 Å². The molecule has 1 saturated heterocycles. The molecule has 2 atom stereocenters. The summed E-state index contributed by atoms with van der Waals surface area (Å²) in [6, 6.07) is 8.35. The van der Waals surface area contributed by atoms with Crippen LogP contribution in [0.3, 0.4) is 0 Å². The molecule has 3 aromatic carbocycles. The van der Waals surface area contributed by atoms with Gasteiger partial charge in [0.05, 0.1) is 12.7 Å². The minimum Gasteiger partial charge on any atom is -0.428 e. The van der Waals surface area contributed by atoms with Gasteiger partial charge in [0, 0.05) is 11.6 Å². The average Bonchev–Trinajstić information content (AvgIpc) is 2.85. The van der Waals surface area contributed by atoms with Gasteiger partial charge >= 0.3 is 6.11 Å². The van der Waals surface area contributed by atoms with Crippen molar-refractivity contribution in [2.75, 3.05) is 6.61 Å². The van der Waals surface area contributed by atoms with Crippen LogP contribution >= 0.6 is 0 Å². The lowest BCUT2D eigenvalue weighted by molar-refractivity contribution is -0.190. The van der Waals surface area contributed by atoms with Gasteiger partial charge in [-0.25, -0.2) is 22.0 Å². The second-order valence-electron chi connectivity index (χ2n) is 8.84. The Labute approximate surface area is 203 Å². The van der Waals surface area contributed by atoms with Gasteiger partial charge < -0.3 is 9.47 Å². The van der Waals surface area contributed by atoms with E-state index in [0.29, 0.717) is 30.2 Å². The molecule has 0 aliphatic carbocycles. The van der Waals surface area contributed by atoms with Crippen molar-refractivity contribution < 1.29 is 40.2 Å². The molecule has 36 heavy (non-hydrogen) atoms. The number of hydrogen-bond acceptors (Lipinski definition) is 2. The number of rotatable bonds is 6. The Bertz CT molecular complexity index is 1230. The molecule has 0 amide bonds. The van der Waals surface area contributed by atoms with E-state index >= 15 is 0 Å². The predicted molar refractivity (Wildman–Crippen MR) is 119 cm³/mol. The van der Waals surface area contributed by atoms with Crippen molar-refractivity contribution in [1.82, 2.24) is 0 Å². The number of ether oxygens (including phenoxy) is 2. The summed E-state index contributed by atoms with van der Waals surface area (Å²) in [7, 11) is 0. The van der Waals surface area contributed by atoms with Crippen molar-refractivity contribution >= 4 is 0 Å². The molecule has 0 N–H and O–H groups in total. The molecule has 0 aromatic heterocycles. The average molecular weight is 512 g/mol. The highest BCUT2D eigenvalue weighted by Gasteiger charge is 2.42. The summed E-state index contributed by atoms with van der Waals surface area (Å²) in [5.74, 6) is -9.22. The fourth-order valence-corrected chi connectivity index (χ4v) is 4.26. The monoisotopic (exact) mass is 512 g/mol. The second kappa shape index (κ2) is 10.1. The summed E-state index contributed by atoms with van der Waals surface area (Å²) in [4.78, 5) is 0. The molecule has 0 saturated carbocycles. The molecule has 0 unspecified atom stereocenters. The van der Waals surface area contributed by atoms with Gasteiger partial charge in [-0.1, -0.05) is 37.6 Å². The van der Waals surface area contributed by atoms with Crippen LogP contribution in [0.5, 0.6) is 5.75 Å². The van der Waals surface area contributed by atoms with Gasteiger partial charge in [0.25, 0.3) is 0 Å². The minimum absolute atomic E-state index is 0.00163. The van der Waals surface area contributed by atoms with Crippen molar-refractivity contribution in [1.29, 1.82) is 0 Å². The van der Waals surface area contributed by atoms with Crippen LogP contribution in [0, 0.1) is 41.9 Å². The Kier molecular flexibility index (Phi) is 7.31. The van der Waals surface area contributed by atoms with E-state index in [9.17, 15) is 30.7 Å². The van der Waals surface area contributed by atoms with Crippen LogP contribution in [0.25, 0.3) is 11.1 Å². The Morgan fingerprint density at radius 2 is 1.50 bits per heavy atom. The third-order valence-electron chi connectivity index (χ3n) is 6.49. The van der Waals surface area contributed by atoms with E-state index < -0.39 is 52.1 Å². The molecule has 1 aliphatic rings. The SMILES string of the molecule is CC[C@H]1CC[C@H](c2ccc(-c3cc(F)c(C(F)(F)Oc4cc(F)c(F)c(F)c4C)c(F)c3)cc2)OC1. The summed E-state index contributed by atoms with van der Waals surface area (Å²) >= 11 is 0. The van der Waals surface area contributed by atoms with Gasteiger partial charge in [0.15, 0.2) is 17.5 Å². The molecule has 0 spiro atoms. The minimum atomic E-state index is -4.65. The molecule has 0 radical (unpaired) electrons. The second-order valence-corrected chi connectivity index (χ2v) is 8.84. The van der Waals surface area contributed by atoms with Crippen molar-refractivity contribution in [3.05, 3.63) is 88.2 Å². The Morgan fingerprint density at radius 3 is 2.06 bits per heavy atom. The fraction of sp³-hybridized carbons (Fsp3) is 0.333. The van der Waals surface area contributed by atoms with Crippen molar-refractivity contribution in [2.24, 2.45) is 5.92 Å². The van der Waals surface area contributed by atoms with E-state index in [4.69, 9.17) is 4.74 Å². The predicted octanol–water partition coefficient (Wildman–Crippen LogP) is 8.36. The number of halogens is 7. The van der Waals surface area contributed by atoms with Crippen LogP contribution in [0.4, 0.5) is 30.7 Å². The first kappa shape index (κ1) is 26.0. The normalized spacial score (nSPS) is 18.4. The quantitative estimate of drug-likeness (QED) is 0.244. The zero-order valence-corrected chi connectivity index (χ0v) is 19.5. The Hall–Kier alpha value is -3.07. The maximum Gasteiger partial charge on any atom is 0.432 e. The largest absolute Gasteiger partial charge is 0.432 e. The standard InChI is InChI=1S/C27H23F7O2/c1-3-15-4-9-22(35-13-15)17-7-5-16(6-8-17)18-10-19(28)24(20(29)11-18)27(33,34)36-23-12-21(30)26(32)25(31)14(23)2/h5-8,10-12,15,22H,3-4,9,13H2,1-2H3/t15-,22+/m0/s1. The van der Waals surface area contributed by atoms with E-state index in [0.717, 1.165) is 31.7 Å². The Balaban J connectivity index is 1.58. The van der Waals surface area contributed by atoms with Gasteiger partial charge in [-0.3, -0.25) is 0 Å². The maximum absolute atomic E-state index is 14.7. The molecule has 0 bridgehead atoms. The lowest BCUT2D eigenvalue weighted by Gasteiger charge is -2.28. The first-order chi connectivity index (χ1) is 17.0. The summed E-state index contributed by atoms with van der Waals surface area (Å²) in [6.07, 6.45) is -1.80. The molecule has 3 aromatic rings. The van der Waals surface area contributed by atoms with Crippen molar-refractivity contribution in [3.8, 4) is 16.9 Å². The van der Waals surface area contributed by atoms with Gasteiger partial charge in [-0.05, 0) is 54.5 Å². The Morgan fingerprint density at radius 1 is 0.861 bits per heavy atom. The first-order valence-corrected chi connectivity index (χ1v) is 11.4. The summed E-state index contributed by atoms with van der Waals surface area (Å²) in [5.41, 5.74) is -1.23. The third-order valence-corrected chi connectivity index (χ3v) is 6.49. The van der Waals surface area contributed by atoms with Crippen LogP contribution in [-0.4, -0.2) is 6.61 Å². The molecule has 9 heteroatoms. The fourth-order valence-electron chi connectivity index (χ4n) is 4.26. The zero-order chi connectivity index (χ0) is 26.2. The van der Waals surface area contributed by atoms with Crippen LogP contribution < -0.4 is 4.74 Å². The van der Waals surface area contributed by atoms with Crippen LogP contribution in [0.15, 0.2) is 42.5 Å². The molecular formula is C27H23F7O2. The summed E-state index contributed by atoms with van der Waals surface area (Å²) < 4.78 is 110. The topological polar surface area (TPSA) is 18.5 Å². The van der Waals surface area contributed by atoms with E-state index in [1.54, 1.807) is 24.3 Å². The zero-order valence-electron chi connectivity index (χ0n) is 19.5. The number of alkyl halides is 2. The summed E-state index contributed by atoms with van der Waals surface area (Å²) in [5, 5.41) is 0. The van der Waals surface area contributed by atoms with E-state index in [-0.39, 0.29) is 17.7 Å². The van der Waals surface area contributed by atoms with Gasteiger partial charge in [0.1, 0.15) is 22.9 Å². The smallest absolute Gasteiger partial charge is 0.428 e. The molecule has 2 nitrogen and oxygen atoms in total. The number of hydrogen-bond donors (Lipinski definition) is 0. The first-order valence-electron chi connectivity index (χ1n) is 11.4. The van der Waals surface area contributed by atoms with Crippen LogP contribution in [0.1, 0.15) is 49.0 Å². The highest BCUT2D eigenvalue weighted by atomic mass is 19.3. The van der Waals surface area contributed by atoms with Crippen molar-refractivity contribution in [2.45, 2.75) is 45.3 Å². The number of benzene rings is 3. The van der Waals surface area contributed by atoms with E-state index in [2.05, 4.69) is 11.7 Å². The molecule has 1 aliphatic heterocycles. The lowest BCUT2D eigenvalue weighted by atomic mass is 9.92. The van der Waals surface area contributed by atoms with Crippen LogP contribution in [-0.2, 0) is 10.8 Å². The summed E-state index contributed by atoms with van der Waals surface area (Å²) in [6.45, 7) is 3.63. The highest BCUT2D eigenvalue weighted by molar-refractivity contribution is 5.64. The highest BCUT2D eigenvalue weighted by Crippen LogP contribution is 2.39. The maximum atomic E-state index is 14.7. The van der Waals surface area contributed by atoms with Crippen molar-refractivity contribution in [3.63, 3.8) is 0 Å². The third kappa shape index (κ3) is 5.07. The molecule has 1 heterocycles. The van der Waals surface area contributed by atoms with Crippen LogP contribution in [0.2, 0.25) is 0 Å². The molecule has 1 fully saturated rings. The van der Waals surface area contributed by atoms with Gasteiger partial charge in [-0.15, -0.1) is 0 Å². The molecular weight excluding hydrogens is 489 g/mol. The van der Waals surface area contributed by atoms with Gasteiger partial charge in [-0.2, -0.15) is 8.78 Å².